The smallest absolute Gasteiger partial charge is 0.252 e. The molecule has 0 aliphatic rings. The molecule has 1 aromatic rings. The molecular weight excluding hydrogens is 192 g/mol. The maximum atomic E-state index is 11.4. The van der Waals surface area contributed by atoms with Gasteiger partial charge in [0.05, 0.1) is 5.56 Å². The zero-order valence-corrected chi connectivity index (χ0v) is 8.91. The van der Waals surface area contributed by atoms with Crippen LogP contribution in [0.25, 0.3) is 0 Å². The number of carbonyl (C=O) groups excluding carboxylic acids is 1. The van der Waals surface area contributed by atoms with Gasteiger partial charge in [0, 0.05) is 25.9 Å². The normalized spacial score (nSPS) is 9.73. The number of aromatic nitrogens is 1. The summed E-state index contributed by atoms with van der Waals surface area (Å²) < 4.78 is 1.47. The number of amides is 1. The van der Waals surface area contributed by atoms with E-state index in [0.29, 0.717) is 12.1 Å². The summed E-state index contributed by atoms with van der Waals surface area (Å²) in [5.74, 6) is -0.203. The fraction of sp³-hybridized carbons (Fsp3) is 0.273. The molecule has 0 aliphatic heterocycles. The first-order chi connectivity index (χ1) is 7.04. The van der Waals surface area contributed by atoms with Gasteiger partial charge in [0.2, 0.25) is 0 Å². The van der Waals surface area contributed by atoms with E-state index in [0.717, 1.165) is 5.57 Å². The van der Waals surface area contributed by atoms with Crippen LogP contribution in [0.2, 0.25) is 0 Å². The summed E-state index contributed by atoms with van der Waals surface area (Å²) in [5, 5.41) is 2.50. The maximum Gasteiger partial charge on any atom is 0.252 e. The van der Waals surface area contributed by atoms with Crippen molar-refractivity contribution in [2.45, 2.75) is 13.5 Å². The molecule has 1 amide bonds. The summed E-state index contributed by atoms with van der Waals surface area (Å²) in [4.78, 5) is 22.7. The fourth-order valence-corrected chi connectivity index (χ4v) is 1.22. The first-order valence-corrected chi connectivity index (χ1v) is 4.61. The molecule has 0 radical (unpaired) electrons. The van der Waals surface area contributed by atoms with Crippen LogP contribution in [0.5, 0.6) is 0 Å². The van der Waals surface area contributed by atoms with Gasteiger partial charge in [-0.2, -0.15) is 0 Å². The lowest BCUT2D eigenvalue weighted by Gasteiger charge is -2.06. The van der Waals surface area contributed by atoms with Crippen molar-refractivity contribution in [2.75, 3.05) is 7.05 Å². The Hall–Kier alpha value is -1.84. The SMILES string of the molecule is C=C(C)Cn1cc(C(=O)NC)ccc1=O. The largest absolute Gasteiger partial charge is 0.355 e. The minimum Gasteiger partial charge on any atom is -0.355 e. The molecule has 0 unspecified atom stereocenters. The molecule has 80 valence electrons. The van der Waals surface area contributed by atoms with Crippen LogP contribution in [0.1, 0.15) is 17.3 Å². The summed E-state index contributed by atoms with van der Waals surface area (Å²) in [6.45, 7) is 5.99. The van der Waals surface area contributed by atoms with E-state index < -0.39 is 0 Å². The van der Waals surface area contributed by atoms with Gasteiger partial charge in [-0.3, -0.25) is 9.59 Å². The zero-order chi connectivity index (χ0) is 11.4. The summed E-state index contributed by atoms with van der Waals surface area (Å²) in [7, 11) is 1.55. The summed E-state index contributed by atoms with van der Waals surface area (Å²) in [6.07, 6.45) is 1.54. The van der Waals surface area contributed by atoms with Gasteiger partial charge in [0.15, 0.2) is 0 Å². The molecule has 0 fully saturated rings. The third-order valence-corrected chi connectivity index (χ3v) is 1.91. The number of pyridine rings is 1. The van der Waals surface area contributed by atoms with Gasteiger partial charge in [0.1, 0.15) is 0 Å². The highest BCUT2D eigenvalue weighted by atomic mass is 16.1. The number of allylic oxidation sites excluding steroid dienone is 1. The predicted octanol–water partition coefficient (Wildman–Crippen LogP) is 0.784. The molecule has 1 aromatic heterocycles. The topological polar surface area (TPSA) is 51.1 Å². The first kappa shape index (κ1) is 11.2. The van der Waals surface area contributed by atoms with Crippen LogP contribution in [0.4, 0.5) is 0 Å². The van der Waals surface area contributed by atoms with Crippen LogP contribution in [0.15, 0.2) is 35.3 Å². The monoisotopic (exact) mass is 206 g/mol. The Morgan fingerprint density at radius 1 is 1.53 bits per heavy atom. The van der Waals surface area contributed by atoms with Crippen LogP contribution in [-0.2, 0) is 6.54 Å². The molecule has 0 saturated heterocycles. The Morgan fingerprint density at radius 2 is 2.20 bits per heavy atom. The number of hydrogen-bond acceptors (Lipinski definition) is 2. The highest BCUT2D eigenvalue weighted by molar-refractivity contribution is 5.93. The van der Waals surface area contributed by atoms with Crippen molar-refractivity contribution in [3.63, 3.8) is 0 Å². The van der Waals surface area contributed by atoms with E-state index >= 15 is 0 Å². The number of nitrogens with zero attached hydrogens (tertiary/aromatic N) is 1. The summed E-state index contributed by atoms with van der Waals surface area (Å²) in [6, 6.07) is 2.89. The molecule has 4 nitrogen and oxygen atoms in total. The minimum absolute atomic E-state index is 0.134. The molecule has 1 heterocycles. The molecule has 1 N–H and O–H groups in total. The zero-order valence-electron chi connectivity index (χ0n) is 8.91. The van der Waals surface area contributed by atoms with E-state index in [1.807, 2.05) is 6.92 Å². The van der Waals surface area contributed by atoms with Crippen molar-refractivity contribution in [2.24, 2.45) is 0 Å². The van der Waals surface area contributed by atoms with Crippen LogP contribution < -0.4 is 10.9 Å². The van der Waals surface area contributed by atoms with E-state index in [1.54, 1.807) is 7.05 Å². The number of hydrogen-bond donors (Lipinski definition) is 1. The molecule has 4 heteroatoms. The minimum atomic E-state index is -0.203. The van der Waals surface area contributed by atoms with Crippen LogP contribution in [-0.4, -0.2) is 17.5 Å². The fourth-order valence-electron chi connectivity index (χ4n) is 1.22. The van der Waals surface area contributed by atoms with Crippen molar-refractivity contribution in [1.82, 2.24) is 9.88 Å². The van der Waals surface area contributed by atoms with E-state index in [-0.39, 0.29) is 11.5 Å². The molecule has 1 rings (SSSR count). The van der Waals surface area contributed by atoms with E-state index in [9.17, 15) is 9.59 Å². The van der Waals surface area contributed by atoms with Gasteiger partial charge in [-0.1, -0.05) is 12.2 Å². The van der Waals surface area contributed by atoms with Crippen LogP contribution in [0.3, 0.4) is 0 Å². The highest BCUT2D eigenvalue weighted by Crippen LogP contribution is 1.98. The Labute approximate surface area is 88.2 Å². The van der Waals surface area contributed by atoms with Crippen molar-refractivity contribution >= 4 is 5.91 Å². The standard InChI is InChI=1S/C11H14N2O2/c1-8(2)6-13-7-9(11(15)12-3)4-5-10(13)14/h4-5,7H,1,6H2,2-3H3,(H,12,15). The molecule has 0 saturated carbocycles. The van der Waals surface area contributed by atoms with E-state index in [1.165, 1.54) is 22.9 Å². The van der Waals surface area contributed by atoms with Crippen molar-refractivity contribution in [1.29, 1.82) is 0 Å². The quantitative estimate of drug-likeness (QED) is 0.743. The Kier molecular flexibility index (Phi) is 3.44. The second kappa shape index (κ2) is 4.59. The lowest BCUT2D eigenvalue weighted by atomic mass is 10.2. The second-order valence-electron chi connectivity index (χ2n) is 3.42. The van der Waals surface area contributed by atoms with Gasteiger partial charge in [0.25, 0.3) is 11.5 Å². The molecule has 15 heavy (non-hydrogen) atoms. The summed E-state index contributed by atoms with van der Waals surface area (Å²) in [5.41, 5.74) is 1.20. The number of carbonyl (C=O) groups is 1. The third kappa shape index (κ3) is 2.80. The number of nitrogens with one attached hydrogen (secondary N) is 1. The molecule has 0 bridgehead atoms. The van der Waals surface area contributed by atoms with Crippen molar-refractivity contribution in [3.8, 4) is 0 Å². The van der Waals surface area contributed by atoms with Gasteiger partial charge in [-0.15, -0.1) is 0 Å². The molecule has 0 aliphatic carbocycles. The lowest BCUT2D eigenvalue weighted by molar-refractivity contribution is 0.0962. The molecular formula is C11H14N2O2. The van der Waals surface area contributed by atoms with E-state index in [4.69, 9.17) is 0 Å². The van der Waals surface area contributed by atoms with E-state index in [2.05, 4.69) is 11.9 Å². The van der Waals surface area contributed by atoms with Crippen LogP contribution >= 0.6 is 0 Å². The first-order valence-electron chi connectivity index (χ1n) is 4.61. The van der Waals surface area contributed by atoms with Crippen LogP contribution in [0, 0.1) is 0 Å². The maximum absolute atomic E-state index is 11.4. The van der Waals surface area contributed by atoms with Gasteiger partial charge >= 0.3 is 0 Å². The second-order valence-corrected chi connectivity index (χ2v) is 3.42. The number of rotatable bonds is 3. The Morgan fingerprint density at radius 3 is 2.73 bits per heavy atom. The van der Waals surface area contributed by atoms with Gasteiger partial charge < -0.3 is 9.88 Å². The summed E-state index contributed by atoms with van der Waals surface area (Å²) >= 11 is 0. The third-order valence-electron chi connectivity index (χ3n) is 1.91. The van der Waals surface area contributed by atoms with Crippen molar-refractivity contribution < 1.29 is 4.79 Å². The Balaban J connectivity index is 3.10. The van der Waals surface area contributed by atoms with Gasteiger partial charge in [-0.05, 0) is 13.0 Å². The molecule has 0 atom stereocenters. The lowest BCUT2D eigenvalue weighted by Crippen LogP contribution is -2.24. The average molecular weight is 206 g/mol. The van der Waals surface area contributed by atoms with Crippen molar-refractivity contribution in [3.05, 3.63) is 46.4 Å². The molecule has 0 aromatic carbocycles. The highest BCUT2D eigenvalue weighted by Gasteiger charge is 2.04. The Bertz CT molecular complexity index is 446. The average Bonchev–Trinajstić information content (AvgIpc) is 2.19. The molecule has 0 spiro atoms. The predicted molar refractivity (Wildman–Crippen MR) is 58.9 cm³/mol. The van der Waals surface area contributed by atoms with Gasteiger partial charge in [-0.25, -0.2) is 0 Å².